The number of aromatic nitrogens is 2. The highest BCUT2D eigenvalue weighted by Gasteiger charge is 2.54. The molecule has 0 aliphatic carbocycles. The van der Waals surface area contributed by atoms with Crippen LogP contribution in [-0.4, -0.2) is 95.3 Å². The number of carbonyl (C=O) groups excluding carboxylic acids is 5. The predicted molar refractivity (Wildman–Crippen MR) is 210 cm³/mol. The third-order valence-electron chi connectivity index (χ3n) is 7.74. The lowest BCUT2D eigenvalue weighted by Gasteiger charge is -2.49. The fraction of sp³-hybridized carbons (Fsp3) is 0.389. The number of hydrogen-bond acceptors (Lipinski definition) is 14. The number of β-lactam (4-membered cyclic amide) rings is 1. The highest BCUT2D eigenvalue weighted by molar-refractivity contribution is 8.01. The standard InChI is InChI=1S/C36H41N7O10S3/c1-17-41-42-34(56-17)55-16-20-15-54-30-25(29(47)43(30)26(20)31(48)49)40-28(46)24(18-8-11-21(44)12-9-18)39-27(45)19-10-13-22(37-32(50)52-35(2,3)4)23(14-19)38-33(51)53-36(5,6)7/h8-14,24-25,30,44H,15-16H2,1-7H3,(H,37,50)(H,38,51)(H,39,45)(H,40,46)(H,48,49)/t24?,25?,30-/m1/s1. The molecule has 0 saturated carbocycles. The van der Waals surface area contributed by atoms with Crippen LogP contribution >= 0.6 is 34.9 Å². The highest BCUT2D eigenvalue weighted by Crippen LogP contribution is 2.42. The van der Waals surface area contributed by atoms with E-state index in [9.17, 15) is 39.0 Å². The van der Waals surface area contributed by atoms with Gasteiger partial charge in [-0.25, -0.2) is 14.4 Å². The molecule has 0 radical (unpaired) electrons. The molecule has 6 N–H and O–H groups in total. The van der Waals surface area contributed by atoms with Gasteiger partial charge in [0.25, 0.3) is 11.8 Å². The number of aliphatic carboxylic acids is 1. The molecule has 3 atom stereocenters. The van der Waals surface area contributed by atoms with Crippen LogP contribution in [0.1, 0.15) is 68.5 Å². The van der Waals surface area contributed by atoms with Crippen molar-refractivity contribution in [3.05, 3.63) is 69.9 Å². The van der Waals surface area contributed by atoms with E-state index in [1.165, 1.54) is 77.3 Å². The topological polar surface area (TPSA) is 238 Å². The molecule has 1 fully saturated rings. The summed E-state index contributed by atoms with van der Waals surface area (Å²) in [4.78, 5) is 80.2. The van der Waals surface area contributed by atoms with Crippen LogP contribution in [0, 0.1) is 6.92 Å². The van der Waals surface area contributed by atoms with Crippen molar-refractivity contribution in [3.8, 4) is 5.75 Å². The van der Waals surface area contributed by atoms with Crippen LogP contribution in [0.2, 0.25) is 0 Å². The number of phenolic OH excluding ortho intramolecular Hbond substituents is 1. The Bertz CT molecular complexity index is 2080. The van der Waals surface area contributed by atoms with E-state index in [1.807, 2.05) is 6.92 Å². The first-order chi connectivity index (χ1) is 26.2. The van der Waals surface area contributed by atoms with Crippen molar-refractivity contribution in [2.45, 2.75) is 81.5 Å². The molecule has 1 saturated heterocycles. The van der Waals surface area contributed by atoms with E-state index in [4.69, 9.17) is 9.47 Å². The smallest absolute Gasteiger partial charge is 0.412 e. The van der Waals surface area contributed by atoms with Gasteiger partial charge in [0.1, 0.15) is 45.1 Å². The van der Waals surface area contributed by atoms with Gasteiger partial charge in [-0.1, -0.05) is 35.2 Å². The minimum absolute atomic E-state index is 0.0173. The molecule has 56 heavy (non-hydrogen) atoms. The number of ether oxygens (including phenoxy) is 2. The monoisotopic (exact) mass is 827 g/mol. The van der Waals surface area contributed by atoms with Crippen molar-refractivity contribution in [1.82, 2.24) is 25.7 Å². The van der Waals surface area contributed by atoms with Gasteiger partial charge in [0.2, 0.25) is 5.91 Å². The first-order valence-corrected chi connectivity index (χ1v) is 19.9. The highest BCUT2D eigenvalue weighted by atomic mass is 32.2. The van der Waals surface area contributed by atoms with Crippen LogP contribution in [0.5, 0.6) is 5.75 Å². The van der Waals surface area contributed by atoms with Crippen molar-refractivity contribution in [3.63, 3.8) is 0 Å². The number of nitrogens with zero attached hydrogens (tertiary/aromatic N) is 3. The van der Waals surface area contributed by atoms with Gasteiger partial charge in [0.15, 0.2) is 4.34 Å². The first kappa shape index (κ1) is 41.8. The number of amides is 5. The summed E-state index contributed by atoms with van der Waals surface area (Å²) in [7, 11) is 0. The van der Waals surface area contributed by atoms with Gasteiger partial charge in [0, 0.05) is 17.1 Å². The molecule has 2 aliphatic heterocycles. The fourth-order valence-corrected chi connectivity index (χ4v) is 8.72. The van der Waals surface area contributed by atoms with Crippen molar-refractivity contribution in [2.24, 2.45) is 0 Å². The minimum atomic E-state index is -1.41. The number of phenols is 1. The summed E-state index contributed by atoms with van der Waals surface area (Å²) in [6.45, 7) is 11.8. The average Bonchev–Trinajstić information content (AvgIpc) is 3.52. The quantitative estimate of drug-likeness (QED) is 0.107. The van der Waals surface area contributed by atoms with Crippen LogP contribution < -0.4 is 21.3 Å². The number of rotatable bonds is 11. The Balaban J connectivity index is 1.36. The second-order valence-electron chi connectivity index (χ2n) is 14.5. The van der Waals surface area contributed by atoms with Crippen molar-refractivity contribution in [1.29, 1.82) is 0 Å². The summed E-state index contributed by atoms with van der Waals surface area (Å²) >= 11 is 3.99. The minimum Gasteiger partial charge on any atom is -0.508 e. The largest absolute Gasteiger partial charge is 0.508 e. The molecule has 3 heterocycles. The van der Waals surface area contributed by atoms with E-state index in [1.54, 1.807) is 41.5 Å². The number of anilines is 2. The summed E-state index contributed by atoms with van der Waals surface area (Å²) < 4.78 is 11.4. The Morgan fingerprint density at radius 2 is 1.57 bits per heavy atom. The van der Waals surface area contributed by atoms with E-state index in [0.717, 1.165) is 9.91 Å². The first-order valence-electron chi connectivity index (χ1n) is 17.1. The van der Waals surface area contributed by atoms with Crippen LogP contribution in [0.25, 0.3) is 0 Å². The zero-order chi connectivity index (χ0) is 41.1. The van der Waals surface area contributed by atoms with Gasteiger partial charge in [-0.05, 0) is 89.9 Å². The summed E-state index contributed by atoms with van der Waals surface area (Å²) in [5, 5.41) is 38.5. The number of fused-ring (bicyclic) bond motifs is 1. The van der Waals surface area contributed by atoms with Gasteiger partial charge >= 0.3 is 18.2 Å². The SMILES string of the molecule is Cc1nnc(SCC2=C(C(=O)O)N3C(=O)C(NC(=O)C(NC(=O)c4ccc(NC(=O)OC(C)(C)C)c(NC(=O)OC(C)(C)C)c4)c4ccc(O)cc4)[C@H]3SC2)s1. The Kier molecular flexibility index (Phi) is 12.5. The molecular formula is C36H41N7O10S3. The Hall–Kier alpha value is -5.34. The summed E-state index contributed by atoms with van der Waals surface area (Å²) in [5.41, 5.74) is -1.05. The number of carboxylic acids is 1. The van der Waals surface area contributed by atoms with E-state index in [0.29, 0.717) is 9.91 Å². The maximum atomic E-state index is 13.9. The van der Waals surface area contributed by atoms with Crippen molar-refractivity contribution in [2.75, 3.05) is 22.1 Å². The molecule has 5 amide bonds. The fourth-order valence-electron chi connectivity index (χ4n) is 5.42. The maximum absolute atomic E-state index is 13.9. The number of carbonyl (C=O) groups is 6. The molecule has 2 aliphatic rings. The van der Waals surface area contributed by atoms with Crippen LogP contribution in [0.15, 0.2) is 58.1 Å². The van der Waals surface area contributed by atoms with Crippen molar-refractivity contribution >= 4 is 82.1 Å². The zero-order valence-corrected chi connectivity index (χ0v) is 33.9. The van der Waals surface area contributed by atoms with Crippen LogP contribution in [0.3, 0.4) is 0 Å². The molecule has 5 rings (SSSR count). The normalized spacial score (nSPS) is 17.2. The number of thioether (sulfide) groups is 2. The number of aromatic hydroxyl groups is 1. The second kappa shape index (κ2) is 16.8. The number of carboxylic acid groups (broad SMARTS) is 1. The van der Waals surface area contributed by atoms with Crippen LogP contribution in [0.4, 0.5) is 21.0 Å². The molecule has 0 bridgehead atoms. The lowest BCUT2D eigenvalue weighted by atomic mass is 10.0. The Labute approximate surface area is 334 Å². The lowest BCUT2D eigenvalue weighted by molar-refractivity contribution is -0.151. The van der Waals surface area contributed by atoms with E-state index in [2.05, 4.69) is 31.5 Å². The summed E-state index contributed by atoms with van der Waals surface area (Å²) in [5.74, 6) is -3.03. The van der Waals surface area contributed by atoms with E-state index in [-0.39, 0.29) is 45.5 Å². The van der Waals surface area contributed by atoms with Crippen molar-refractivity contribution < 1.29 is 48.5 Å². The van der Waals surface area contributed by atoms with Gasteiger partial charge < -0.3 is 30.3 Å². The average molecular weight is 828 g/mol. The number of hydrogen-bond donors (Lipinski definition) is 6. The number of aryl methyl sites for hydroxylation is 1. The second-order valence-corrected chi connectivity index (χ2v) is 18.1. The lowest BCUT2D eigenvalue weighted by Crippen LogP contribution is -2.71. The molecule has 2 unspecified atom stereocenters. The number of nitrogens with one attached hydrogen (secondary N) is 4. The molecule has 20 heteroatoms. The summed E-state index contributed by atoms with van der Waals surface area (Å²) in [6, 6.07) is 6.94. The molecular weight excluding hydrogens is 787 g/mol. The molecule has 17 nitrogen and oxygen atoms in total. The van der Waals surface area contributed by atoms with Gasteiger partial charge in [-0.15, -0.1) is 22.0 Å². The third-order valence-corrected chi connectivity index (χ3v) is 11.1. The van der Waals surface area contributed by atoms with Gasteiger partial charge in [-0.3, -0.25) is 29.9 Å². The molecule has 1 aromatic heterocycles. The Morgan fingerprint density at radius 1 is 0.946 bits per heavy atom. The molecule has 298 valence electrons. The van der Waals surface area contributed by atoms with Crippen LogP contribution in [-0.2, 0) is 23.9 Å². The van der Waals surface area contributed by atoms with Gasteiger partial charge in [-0.2, -0.15) is 0 Å². The summed E-state index contributed by atoms with van der Waals surface area (Å²) in [6.07, 6.45) is -1.70. The molecule has 2 aromatic carbocycles. The third kappa shape index (κ3) is 10.5. The predicted octanol–water partition coefficient (Wildman–Crippen LogP) is 5.25. The maximum Gasteiger partial charge on any atom is 0.412 e. The Morgan fingerprint density at radius 3 is 2.14 bits per heavy atom. The zero-order valence-electron chi connectivity index (χ0n) is 31.4. The number of benzene rings is 2. The van der Waals surface area contributed by atoms with Gasteiger partial charge in [0.05, 0.1) is 11.4 Å². The molecule has 0 spiro atoms. The van der Waals surface area contributed by atoms with E-state index >= 15 is 0 Å². The van der Waals surface area contributed by atoms with E-state index < -0.39 is 64.5 Å². The molecule has 3 aromatic rings.